The van der Waals surface area contributed by atoms with Crippen LogP contribution in [-0.2, 0) is 28.9 Å². The van der Waals surface area contributed by atoms with E-state index in [4.69, 9.17) is 9.47 Å². The number of nitrogens with zero attached hydrogens (tertiary/aromatic N) is 4. The number of hydrogen-bond donors (Lipinski definition) is 0. The normalized spacial score (nSPS) is 12.5. The van der Waals surface area contributed by atoms with Crippen molar-refractivity contribution in [2.24, 2.45) is 0 Å². The number of hydrogen-bond acceptors (Lipinski definition) is 6. The second-order valence-electron chi connectivity index (χ2n) is 5.21. The summed E-state index contributed by atoms with van der Waals surface area (Å²) in [5, 5.41) is 4.57. The van der Waals surface area contributed by atoms with Gasteiger partial charge in [0.15, 0.2) is 0 Å². The van der Waals surface area contributed by atoms with Crippen LogP contribution in [0.5, 0.6) is 6.01 Å². The molecule has 0 spiro atoms. The van der Waals surface area contributed by atoms with Crippen molar-refractivity contribution in [2.45, 2.75) is 33.2 Å². The van der Waals surface area contributed by atoms with Gasteiger partial charge in [-0.3, -0.25) is 9.48 Å². The Labute approximate surface area is 128 Å². The van der Waals surface area contributed by atoms with E-state index in [1.54, 1.807) is 7.11 Å². The standard InChI is InChI=1S/C15H18N4O3/c1-9-12-5-4-11-8-16-15(21-3)17-13(11)14(12)19(18-9)6-7-22-10(2)20/h8H,4-7H2,1-3H3. The van der Waals surface area contributed by atoms with Gasteiger partial charge in [-0.05, 0) is 25.3 Å². The Bertz CT molecular complexity index is 724. The van der Waals surface area contributed by atoms with Gasteiger partial charge < -0.3 is 9.47 Å². The van der Waals surface area contributed by atoms with Crippen LogP contribution in [-0.4, -0.2) is 39.4 Å². The van der Waals surface area contributed by atoms with Gasteiger partial charge in [-0.25, -0.2) is 4.98 Å². The van der Waals surface area contributed by atoms with Crippen LogP contribution in [0, 0.1) is 6.92 Å². The maximum absolute atomic E-state index is 10.9. The lowest BCUT2D eigenvalue weighted by atomic mass is 9.93. The van der Waals surface area contributed by atoms with Gasteiger partial charge >= 0.3 is 12.0 Å². The highest BCUT2D eigenvalue weighted by Gasteiger charge is 2.25. The zero-order valence-corrected chi connectivity index (χ0v) is 12.9. The molecule has 2 heterocycles. The molecule has 116 valence electrons. The molecule has 0 bridgehead atoms. The second kappa shape index (κ2) is 5.75. The smallest absolute Gasteiger partial charge is 0.316 e. The van der Waals surface area contributed by atoms with Crippen molar-refractivity contribution in [2.75, 3.05) is 13.7 Å². The Morgan fingerprint density at radius 1 is 1.41 bits per heavy atom. The molecule has 1 aliphatic rings. The van der Waals surface area contributed by atoms with E-state index >= 15 is 0 Å². The van der Waals surface area contributed by atoms with Crippen molar-refractivity contribution in [1.82, 2.24) is 19.7 Å². The van der Waals surface area contributed by atoms with Gasteiger partial charge in [0.05, 0.1) is 30.7 Å². The fourth-order valence-electron chi connectivity index (χ4n) is 2.76. The number of rotatable bonds is 4. The maximum atomic E-state index is 10.9. The zero-order valence-electron chi connectivity index (χ0n) is 12.9. The number of esters is 1. The van der Waals surface area contributed by atoms with Crippen molar-refractivity contribution in [3.63, 3.8) is 0 Å². The molecule has 0 aromatic carbocycles. The Morgan fingerprint density at radius 3 is 2.95 bits per heavy atom. The summed E-state index contributed by atoms with van der Waals surface area (Å²) < 4.78 is 12.0. The van der Waals surface area contributed by atoms with E-state index in [1.165, 1.54) is 12.5 Å². The molecule has 3 rings (SSSR count). The molecule has 0 radical (unpaired) electrons. The van der Waals surface area contributed by atoms with Gasteiger partial charge in [0.25, 0.3) is 0 Å². The minimum Gasteiger partial charge on any atom is -0.467 e. The molecule has 7 heteroatoms. The van der Waals surface area contributed by atoms with Crippen molar-refractivity contribution in [3.8, 4) is 17.4 Å². The summed E-state index contributed by atoms with van der Waals surface area (Å²) in [7, 11) is 1.55. The van der Waals surface area contributed by atoms with E-state index < -0.39 is 0 Å². The summed E-state index contributed by atoms with van der Waals surface area (Å²) in [5.74, 6) is -0.290. The number of aryl methyl sites for hydroxylation is 2. The number of fused-ring (bicyclic) bond motifs is 3. The number of carbonyl (C=O) groups is 1. The fourth-order valence-corrected chi connectivity index (χ4v) is 2.76. The van der Waals surface area contributed by atoms with Gasteiger partial charge in [-0.1, -0.05) is 0 Å². The molecular weight excluding hydrogens is 284 g/mol. The Balaban J connectivity index is 2.00. The molecule has 0 unspecified atom stereocenters. The predicted molar refractivity (Wildman–Crippen MR) is 78.6 cm³/mol. The topological polar surface area (TPSA) is 79.1 Å². The summed E-state index contributed by atoms with van der Waals surface area (Å²) >= 11 is 0. The number of aromatic nitrogens is 4. The van der Waals surface area contributed by atoms with Crippen LogP contribution in [0.25, 0.3) is 11.4 Å². The molecule has 0 saturated heterocycles. The summed E-state index contributed by atoms with van der Waals surface area (Å²) in [5.41, 5.74) is 5.10. The third-order valence-electron chi connectivity index (χ3n) is 3.75. The monoisotopic (exact) mass is 302 g/mol. The lowest BCUT2D eigenvalue weighted by Crippen LogP contribution is -2.14. The molecule has 0 aliphatic heterocycles. The highest BCUT2D eigenvalue weighted by atomic mass is 16.5. The van der Waals surface area contributed by atoms with Crippen molar-refractivity contribution in [1.29, 1.82) is 0 Å². The third kappa shape index (κ3) is 2.54. The van der Waals surface area contributed by atoms with Gasteiger partial charge in [0.2, 0.25) is 0 Å². The first-order valence-corrected chi connectivity index (χ1v) is 7.20. The largest absolute Gasteiger partial charge is 0.467 e. The molecule has 22 heavy (non-hydrogen) atoms. The highest BCUT2D eigenvalue weighted by Crippen LogP contribution is 2.34. The van der Waals surface area contributed by atoms with Gasteiger partial charge in [0, 0.05) is 18.7 Å². The van der Waals surface area contributed by atoms with Crippen LogP contribution in [0.1, 0.15) is 23.7 Å². The van der Waals surface area contributed by atoms with Gasteiger partial charge in [0.1, 0.15) is 6.61 Å². The molecular formula is C15H18N4O3. The Hall–Kier alpha value is -2.44. The first-order chi connectivity index (χ1) is 10.6. The number of ether oxygens (including phenoxy) is 2. The summed E-state index contributed by atoms with van der Waals surface area (Å²) in [6, 6.07) is 0.344. The maximum Gasteiger partial charge on any atom is 0.316 e. The Kier molecular flexibility index (Phi) is 3.79. The number of methoxy groups -OCH3 is 1. The average Bonchev–Trinajstić information content (AvgIpc) is 2.83. The van der Waals surface area contributed by atoms with E-state index in [1.807, 2.05) is 17.8 Å². The lowest BCUT2D eigenvalue weighted by molar-refractivity contribution is -0.141. The molecule has 7 nitrogen and oxygen atoms in total. The molecule has 0 fully saturated rings. The van der Waals surface area contributed by atoms with Crippen LogP contribution < -0.4 is 4.74 Å². The molecule has 0 N–H and O–H groups in total. The second-order valence-corrected chi connectivity index (χ2v) is 5.21. The third-order valence-corrected chi connectivity index (χ3v) is 3.75. The van der Waals surface area contributed by atoms with Crippen molar-refractivity contribution in [3.05, 3.63) is 23.0 Å². The molecule has 0 saturated carbocycles. The van der Waals surface area contributed by atoms with E-state index in [9.17, 15) is 4.79 Å². The van der Waals surface area contributed by atoms with Crippen LogP contribution >= 0.6 is 0 Å². The van der Waals surface area contributed by atoms with E-state index in [-0.39, 0.29) is 5.97 Å². The molecule has 0 amide bonds. The minimum absolute atomic E-state index is 0.290. The zero-order chi connectivity index (χ0) is 15.7. The van der Waals surface area contributed by atoms with Gasteiger partial charge in [-0.15, -0.1) is 0 Å². The quantitative estimate of drug-likeness (QED) is 0.793. The average molecular weight is 302 g/mol. The summed E-state index contributed by atoms with van der Waals surface area (Å²) in [6.07, 6.45) is 3.61. The van der Waals surface area contributed by atoms with Crippen molar-refractivity contribution >= 4 is 5.97 Å². The van der Waals surface area contributed by atoms with Gasteiger partial charge in [-0.2, -0.15) is 10.1 Å². The van der Waals surface area contributed by atoms with Crippen LogP contribution in [0.3, 0.4) is 0 Å². The van der Waals surface area contributed by atoms with Crippen LogP contribution in [0.15, 0.2) is 6.20 Å². The summed E-state index contributed by atoms with van der Waals surface area (Å²) in [6.45, 7) is 4.18. The lowest BCUT2D eigenvalue weighted by Gasteiger charge is -2.17. The first-order valence-electron chi connectivity index (χ1n) is 7.20. The Morgan fingerprint density at radius 2 is 2.23 bits per heavy atom. The highest BCUT2D eigenvalue weighted by molar-refractivity contribution is 5.67. The van der Waals surface area contributed by atoms with Crippen LogP contribution in [0.4, 0.5) is 0 Å². The van der Waals surface area contributed by atoms with E-state index in [0.29, 0.717) is 19.2 Å². The SMILES string of the molecule is COc1ncc2c(n1)-c1c(c(C)nn1CCOC(C)=O)CC2. The minimum atomic E-state index is -0.290. The molecule has 2 aromatic heterocycles. The first kappa shape index (κ1) is 14.5. The van der Waals surface area contributed by atoms with E-state index in [0.717, 1.165) is 35.5 Å². The summed E-state index contributed by atoms with van der Waals surface area (Å²) in [4.78, 5) is 19.6. The molecule has 2 aromatic rings. The molecule has 0 atom stereocenters. The van der Waals surface area contributed by atoms with Crippen LogP contribution in [0.2, 0.25) is 0 Å². The molecule has 1 aliphatic carbocycles. The predicted octanol–water partition coefficient (Wildman–Crippen LogP) is 1.32. The fraction of sp³-hybridized carbons (Fsp3) is 0.467. The van der Waals surface area contributed by atoms with Crippen molar-refractivity contribution < 1.29 is 14.3 Å². The van der Waals surface area contributed by atoms with E-state index in [2.05, 4.69) is 15.1 Å². The number of carbonyl (C=O) groups excluding carboxylic acids is 1.